The van der Waals surface area contributed by atoms with Crippen molar-refractivity contribution in [3.8, 4) is 0 Å². The molecule has 0 aliphatic rings. The Balaban J connectivity index is 1.48. The van der Waals surface area contributed by atoms with Gasteiger partial charge in [-0.25, -0.2) is 4.98 Å². The van der Waals surface area contributed by atoms with Gasteiger partial charge in [0.1, 0.15) is 5.76 Å². The van der Waals surface area contributed by atoms with E-state index in [1.807, 2.05) is 37.4 Å². The highest BCUT2D eigenvalue weighted by Crippen LogP contribution is 2.32. The minimum Gasteiger partial charge on any atom is -0.360 e. The third-order valence-electron chi connectivity index (χ3n) is 3.99. The molecule has 0 fully saturated rings. The van der Waals surface area contributed by atoms with Gasteiger partial charge in [0.15, 0.2) is 10.2 Å². The van der Waals surface area contributed by atoms with Crippen LogP contribution in [0.15, 0.2) is 43.4 Å². The summed E-state index contributed by atoms with van der Waals surface area (Å²) in [4.78, 5) is 30.0. The lowest BCUT2D eigenvalue weighted by Crippen LogP contribution is -2.25. The van der Waals surface area contributed by atoms with Gasteiger partial charge in [0, 0.05) is 27.7 Å². The highest BCUT2D eigenvalue weighted by atomic mass is 32.2. The second-order valence-electron chi connectivity index (χ2n) is 6.65. The van der Waals surface area contributed by atoms with Crippen molar-refractivity contribution in [2.24, 2.45) is 0 Å². The predicted molar refractivity (Wildman–Crippen MR) is 123 cm³/mol. The van der Waals surface area contributed by atoms with Crippen LogP contribution in [0.5, 0.6) is 0 Å². The van der Waals surface area contributed by atoms with E-state index in [1.165, 1.54) is 11.8 Å². The highest BCUT2D eigenvalue weighted by Gasteiger charge is 2.17. The number of nitrogens with zero attached hydrogens (tertiary/aromatic N) is 2. The van der Waals surface area contributed by atoms with Gasteiger partial charge in [0.05, 0.1) is 11.0 Å². The summed E-state index contributed by atoms with van der Waals surface area (Å²) in [5.41, 5.74) is 2.74. The van der Waals surface area contributed by atoms with Gasteiger partial charge in [-0.1, -0.05) is 16.9 Å². The molecule has 1 aromatic carbocycles. The van der Waals surface area contributed by atoms with Crippen LogP contribution in [0.25, 0.3) is 0 Å². The van der Waals surface area contributed by atoms with Crippen LogP contribution in [-0.2, 0) is 9.59 Å². The number of nitrogens with one attached hydrogen (secondary N) is 2. The first-order valence-corrected chi connectivity index (χ1v) is 11.9. The van der Waals surface area contributed by atoms with E-state index >= 15 is 0 Å². The molecule has 1 unspecified atom stereocenters. The SMILES string of the molecule is Cc1csc(Sc2ccc(NC(=O)CSC(C)C(=O)Nc3cc(C)on3)c(C)c2)n1. The van der Waals surface area contributed by atoms with E-state index in [0.717, 1.165) is 26.2 Å². The minimum atomic E-state index is -0.408. The number of carbonyl (C=O) groups excluding carboxylic acids is 2. The van der Waals surface area contributed by atoms with Crippen LogP contribution in [0.3, 0.4) is 0 Å². The van der Waals surface area contributed by atoms with Crippen LogP contribution in [0.4, 0.5) is 11.5 Å². The maximum absolute atomic E-state index is 12.3. The van der Waals surface area contributed by atoms with Gasteiger partial charge >= 0.3 is 0 Å². The second kappa shape index (κ2) is 10.1. The van der Waals surface area contributed by atoms with Gasteiger partial charge in [0.2, 0.25) is 11.8 Å². The third kappa shape index (κ3) is 6.35. The molecule has 0 aliphatic heterocycles. The first-order valence-electron chi connectivity index (χ1n) is 9.16. The molecule has 2 N–H and O–H groups in total. The Labute approximate surface area is 187 Å². The molecule has 2 aromatic heterocycles. The average molecular weight is 463 g/mol. The van der Waals surface area contributed by atoms with Crippen molar-refractivity contribution in [3.05, 3.63) is 46.7 Å². The number of benzene rings is 1. The summed E-state index contributed by atoms with van der Waals surface area (Å²) in [6.07, 6.45) is 0. The van der Waals surface area contributed by atoms with Crippen molar-refractivity contribution in [2.75, 3.05) is 16.4 Å². The molecule has 3 aromatic rings. The number of hydrogen-bond acceptors (Lipinski definition) is 8. The summed E-state index contributed by atoms with van der Waals surface area (Å²) in [5, 5.41) is 10.9. The van der Waals surface area contributed by atoms with E-state index in [2.05, 4.69) is 20.8 Å². The van der Waals surface area contributed by atoms with E-state index in [4.69, 9.17) is 4.52 Å². The van der Waals surface area contributed by atoms with Crippen molar-refractivity contribution < 1.29 is 14.1 Å². The van der Waals surface area contributed by atoms with Gasteiger partial charge in [-0.05, 0) is 51.5 Å². The van der Waals surface area contributed by atoms with Crippen molar-refractivity contribution in [3.63, 3.8) is 0 Å². The number of anilines is 2. The summed E-state index contributed by atoms with van der Waals surface area (Å²) in [6, 6.07) is 7.53. The van der Waals surface area contributed by atoms with E-state index in [9.17, 15) is 9.59 Å². The Morgan fingerprint density at radius 2 is 2.00 bits per heavy atom. The maximum Gasteiger partial charge on any atom is 0.238 e. The Morgan fingerprint density at radius 1 is 1.20 bits per heavy atom. The molecule has 10 heteroatoms. The number of hydrogen-bond donors (Lipinski definition) is 2. The van der Waals surface area contributed by atoms with Crippen molar-refractivity contribution in [1.29, 1.82) is 0 Å². The van der Waals surface area contributed by atoms with Crippen LogP contribution >= 0.6 is 34.9 Å². The van der Waals surface area contributed by atoms with Gasteiger partial charge in [0.25, 0.3) is 0 Å². The van der Waals surface area contributed by atoms with Gasteiger partial charge in [-0.2, -0.15) is 0 Å². The normalized spacial score (nSPS) is 11.9. The number of amides is 2. The van der Waals surface area contributed by atoms with E-state index in [0.29, 0.717) is 11.6 Å². The summed E-state index contributed by atoms with van der Waals surface area (Å²) < 4.78 is 5.92. The first-order chi connectivity index (χ1) is 14.3. The number of aromatic nitrogens is 2. The number of aryl methyl sites for hydroxylation is 3. The standard InChI is InChI=1S/C20H22N4O3S3/c1-11-7-15(30-20-21-12(2)9-29-20)5-6-16(11)22-18(25)10-28-14(4)19(26)23-17-8-13(3)27-24-17/h5-9,14H,10H2,1-4H3,(H,22,25)(H,23,24,26). The summed E-state index contributed by atoms with van der Waals surface area (Å²) in [7, 11) is 0. The molecule has 2 heterocycles. The molecular weight excluding hydrogens is 440 g/mol. The Bertz CT molecular complexity index is 1050. The number of rotatable bonds is 8. The quantitative estimate of drug-likeness (QED) is 0.491. The molecule has 1 atom stereocenters. The summed E-state index contributed by atoms with van der Waals surface area (Å²) in [5.74, 6) is 0.773. The Morgan fingerprint density at radius 3 is 2.63 bits per heavy atom. The topological polar surface area (TPSA) is 97.1 Å². The minimum absolute atomic E-state index is 0.156. The molecule has 3 rings (SSSR count). The molecule has 0 aliphatic carbocycles. The fraction of sp³-hybridized carbons (Fsp3) is 0.300. The van der Waals surface area contributed by atoms with Crippen molar-refractivity contribution in [2.45, 2.75) is 42.2 Å². The number of carbonyl (C=O) groups is 2. The molecule has 30 heavy (non-hydrogen) atoms. The maximum atomic E-state index is 12.3. The molecule has 0 radical (unpaired) electrons. The monoisotopic (exact) mass is 462 g/mol. The smallest absolute Gasteiger partial charge is 0.238 e. The molecule has 0 spiro atoms. The molecule has 0 saturated heterocycles. The first kappa shape index (κ1) is 22.4. The zero-order valence-corrected chi connectivity index (χ0v) is 19.5. The number of thiazole rings is 1. The third-order valence-corrected chi connectivity index (χ3v) is 7.18. The van der Waals surface area contributed by atoms with Crippen LogP contribution in [0.1, 0.15) is 23.9 Å². The Kier molecular flexibility index (Phi) is 7.57. The van der Waals surface area contributed by atoms with E-state index in [-0.39, 0.29) is 17.6 Å². The van der Waals surface area contributed by atoms with Crippen LogP contribution < -0.4 is 10.6 Å². The molecule has 2 amide bonds. The predicted octanol–water partition coefficient (Wildman–Crippen LogP) is 4.91. The average Bonchev–Trinajstić information content (AvgIpc) is 3.29. The highest BCUT2D eigenvalue weighted by molar-refractivity contribution is 8.01. The largest absolute Gasteiger partial charge is 0.360 e. The van der Waals surface area contributed by atoms with Gasteiger partial charge in [-0.3, -0.25) is 9.59 Å². The lowest BCUT2D eigenvalue weighted by molar-refractivity contribution is -0.115. The fourth-order valence-corrected chi connectivity index (χ4v) is 5.03. The van der Waals surface area contributed by atoms with Crippen LogP contribution in [-0.4, -0.2) is 33.0 Å². The summed E-state index contributed by atoms with van der Waals surface area (Å²) >= 11 is 4.48. The molecule has 7 nitrogen and oxygen atoms in total. The van der Waals surface area contributed by atoms with Crippen LogP contribution in [0.2, 0.25) is 0 Å². The van der Waals surface area contributed by atoms with Crippen LogP contribution in [0, 0.1) is 20.8 Å². The number of thioether (sulfide) groups is 1. The second-order valence-corrected chi connectivity index (χ2v) is 10.2. The zero-order valence-electron chi connectivity index (χ0n) is 17.0. The van der Waals surface area contributed by atoms with E-state index in [1.54, 1.807) is 43.0 Å². The molecule has 158 valence electrons. The van der Waals surface area contributed by atoms with Gasteiger partial charge < -0.3 is 15.2 Å². The van der Waals surface area contributed by atoms with Crippen molar-refractivity contribution in [1.82, 2.24) is 10.1 Å². The fourth-order valence-electron chi connectivity index (χ4n) is 2.44. The molecule has 0 bridgehead atoms. The van der Waals surface area contributed by atoms with Gasteiger partial charge in [-0.15, -0.1) is 23.1 Å². The lowest BCUT2D eigenvalue weighted by Gasteiger charge is -2.12. The lowest BCUT2D eigenvalue weighted by atomic mass is 10.2. The Hall–Kier alpha value is -2.30. The summed E-state index contributed by atoms with van der Waals surface area (Å²) in [6.45, 7) is 7.42. The zero-order chi connectivity index (χ0) is 21.7. The molecule has 0 saturated carbocycles. The van der Waals surface area contributed by atoms with Crippen molar-refractivity contribution >= 4 is 58.2 Å². The molecular formula is C20H22N4O3S3. The van der Waals surface area contributed by atoms with E-state index < -0.39 is 5.25 Å².